The number of aliphatic hydroxyl groups is 1. The van der Waals surface area contributed by atoms with E-state index in [1.807, 2.05) is 0 Å². The molecule has 0 aliphatic rings. The van der Waals surface area contributed by atoms with Crippen molar-refractivity contribution in [3.05, 3.63) is 38.3 Å². The lowest BCUT2D eigenvalue weighted by Gasteiger charge is -2.11. The van der Waals surface area contributed by atoms with Crippen LogP contribution in [0.15, 0.2) is 22.7 Å². The molecule has 0 unspecified atom stereocenters. The van der Waals surface area contributed by atoms with E-state index >= 15 is 0 Å². The predicted molar refractivity (Wildman–Crippen MR) is 71.3 cm³/mol. The van der Waals surface area contributed by atoms with Gasteiger partial charge in [-0.25, -0.2) is 0 Å². The maximum absolute atomic E-state index is 10.7. The monoisotopic (exact) mass is 324 g/mol. The molecule has 3 N–H and O–H groups in total. The summed E-state index contributed by atoms with van der Waals surface area (Å²) in [5.74, 6) is 0. The summed E-state index contributed by atoms with van der Waals surface area (Å²) in [7, 11) is 0. The summed E-state index contributed by atoms with van der Waals surface area (Å²) in [6, 6.07) is 4.55. The van der Waals surface area contributed by atoms with Gasteiger partial charge in [-0.2, -0.15) is 0 Å². The van der Waals surface area contributed by atoms with Crippen LogP contribution in [0.4, 0.5) is 5.69 Å². The highest BCUT2D eigenvalue weighted by molar-refractivity contribution is 9.10. The van der Waals surface area contributed by atoms with E-state index in [4.69, 9.17) is 10.8 Å². The van der Waals surface area contributed by atoms with Crippen molar-refractivity contribution in [1.29, 1.82) is 0 Å². The van der Waals surface area contributed by atoms with Gasteiger partial charge in [0.05, 0.1) is 9.40 Å². The minimum Gasteiger partial charge on any atom is -0.396 e. The number of benzene rings is 1. The third-order valence-corrected chi connectivity index (χ3v) is 2.94. The minimum atomic E-state index is -0.452. The van der Waals surface area contributed by atoms with Crippen LogP contribution in [0.3, 0.4) is 0 Å². The van der Waals surface area contributed by atoms with Crippen LogP contribution in [0.25, 0.3) is 0 Å². The first kappa shape index (κ1) is 16.3. The highest BCUT2D eigenvalue weighted by Gasteiger charge is 2.15. The fourth-order valence-corrected chi connectivity index (χ4v) is 1.77. The van der Waals surface area contributed by atoms with Crippen LogP contribution >= 0.6 is 28.3 Å². The summed E-state index contributed by atoms with van der Waals surface area (Å²) in [4.78, 5) is 10.3. The lowest BCUT2D eigenvalue weighted by atomic mass is 10.0. The highest BCUT2D eigenvalue weighted by atomic mass is 79.9. The van der Waals surface area contributed by atoms with E-state index in [0.717, 1.165) is 0 Å². The summed E-state index contributed by atoms with van der Waals surface area (Å²) < 4.78 is 0.440. The van der Waals surface area contributed by atoms with Crippen molar-refractivity contribution in [2.45, 2.75) is 18.9 Å². The van der Waals surface area contributed by atoms with Gasteiger partial charge in [0.1, 0.15) is 0 Å². The van der Waals surface area contributed by atoms with Crippen LogP contribution in [0.1, 0.15) is 24.4 Å². The van der Waals surface area contributed by atoms with Gasteiger partial charge in [0, 0.05) is 18.7 Å². The predicted octanol–water partition coefficient (Wildman–Crippen LogP) is 2.55. The number of halogens is 2. The number of nitro benzene ring substituents is 1. The van der Waals surface area contributed by atoms with E-state index in [1.165, 1.54) is 6.07 Å². The van der Waals surface area contributed by atoms with E-state index in [-0.39, 0.29) is 30.7 Å². The largest absolute Gasteiger partial charge is 0.396 e. The first-order chi connectivity index (χ1) is 7.56. The Morgan fingerprint density at radius 1 is 1.53 bits per heavy atom. The molecule has 0 saturated carbocycles. The van der Waals surface area contributed by atoms with Gasteiger partial charge in [-0.3, -0.25) is 10.1 Å². The van der Waals surface area contributed by atoms with E-state index < -0.39 is 4.92 Å². The van der Waals surface area contributed by atoms with Crippen LogP contribution in [0.5, 0.6) is 0 Å². The second kappa shape index (κ2) is 7.60. The van der Waals surface area contributed by atoms with Crippen molar-refractivity contribution in [3.8, 4) is 0 Å². The van der Waals surface area contributed by atoms with Crippen molar-refractivity contribution in [2.24, 2.45) is 5.73 Å². The number of aliphatic hydroxyl groups excluding tert-OH is 1. The minimum absolute atomic E-state index is 0. The van der Waals surface area contributed by atoms with Crippen molar-refractivity contribution in [3.63, 3.8) is 0 Å². The van der Waals surface area contributed by atoms with Crippen LogP contribution in [0.2, 0.25) is 0 Å². The Kier molecular flexibility index (Phi) is 7.29. The van der Waals surface area contributed by atoms with Gasteiger partial charge >= 0.3 is 0 Å². The van der Waals surface area contributed by atoms with Crippen LogP contribution < -0.4 is 5.73 Å². The average molecular weight is 326 g/mol. The smallest absolute Gasteiger partial charge is 0.283 e. The lowest BCUT2D eigenvalue weighted by molar-refractivity contribution is -0.385. The van der Waals surface area contributed by atoms with Gasteiger partial charge in [0.15, 0.2) is 0 Å². The summed E-state index contributed by atoms with van der Waals surface area (Å²) in [6.45, 7) is 0.0757. The van der Waals surface area contributed by atoms with Crippen LogP contribution in [-0.2, 0) is 0 Å². The first-order valence-corrected chi connectivity index (χ1v) is 5.66. The van der Waals surface area contributed by atoms with E-state index in [9.17, 15) is 10.1 Å². The fraction of sp³-hybridized carbons (Fsp3) is 0.400. The molecule has 1 aromatic carbocycles. The van der Waals surface area contributed by atoms with Crippen molar-refractivity contribution in [2.75, 3.05) is 6.61 Å². The number of rotatable bonds is 5. The molecule has 0 radical (unpaired) electrons. The zero-order valence-corrected chi connectivity index (χ0v) is 11.4. The molecule has 0 saturated heterocycles. The molecule has 5 nitrogen and oxygen atoms in total. The number of nitro groups is 1. The molecule has 0 aliphatic heterocycles. The molecule has 0 fully saturated rings. The molecule has 1 atom stereocenters. The highest BCUT2D eigenvalue weighted by Crippen LogP contribution is 2.28. The van der Waals surface area contributed by atoms with Crippen LogP contribution in [0, 0.1) is 10.1 Å². The molecule has 0 aromatic heterocycles. The molecule has 0 amide bonds. The second-order valence-corrected chi connectivity index (χ2v) is 4.29. The maximum Gasteiger partial charge on any atom is 0.283 e. The van der Waals surface area contributed by atoms with E-state index in [1.54, 1.807) is 12.1 Å². The molecule has 1 rings (SSSR count). The first-order valence-electron chi connectivity index (χ1n) is 4.86. The van der Waals surface area contributed by atoms with Gasteiger partial charge in [0.2, 0.25) is 0 Å². The summed E-state index contributed by atoms with van der Waals surface area (Å²) in [5.41, 5.74) is 6.57. The van der Waals surface area contributed by atoms with Gasteiger partial charge < -0.3 is 10.8 Å². The summed E-state index contributed by atoms with van der Waals surface area (Å²) in [6.07, 6.45) is 1.19. The number of hydrogen-bond acceptors (Lipinski definition) is 4. The number of nitrogens with zero attached hydrogens (tertiary/aromatic N) is 1. The Bertz CT molecular complexity index is 390. The van der Waals surface area contributed by atoms with Gasteiger partial charge in [-0.05, 0) is 40.4 Å². The zero-order valence-electron chi connectivity index (χ0n) is 9.01. The maximum atomic E-state index is 10.7. The summed E-state index contributed by atoms with van der Waals surface area (Å²) in [5, 5.41) is 19.4. The van der Waals surface area contributed by atoms with Crippen molar-refractivity contribution < 1.29 is 10.0 Å². The Hall–Kier alpha value is -0.690. The standard InChI is InChI=1S/C10H13BrN2O3.ClH/c11-8-4-3-7(6-10(8)13(15)16)9(12)2-1-5-14;/h3-4,6,9,14H,1-2,5,12H2;1H/t9-;/m1./s1. The topological polar surface area (TPSA) is 89.4 Å². The molecular weight excluding hydrogens is 311 g/mol. The summed E-state index contributed by atoms with van der Waals surface area (Å²) >= 11 is 3.11. The Labute approximate surface area is 114 Å². The normalized spacial score (nSPS) is 11.7. The van der Waals surface area contributed by atoms with E-state index in [2.05, 4.69) is 15.9 Å². The number of hydrogen-bond donors (Lipinski definition) is 2. The molecule has 7 heteroatoms. The van der Waals surface area contributed by atoms with Gasteiger partial charge in [0.25, 0.3) is 5.69 Å². The lowest BCUT2D eigenvalue weighted by Crippen LogP contribution is -2.11. The Morgan fingerprint density at radius 3 is 2.71 bits per heavy atom. The Balaban J connectivity index is 0.00000256. The average Bonchev–Trinajstić information content (AvgIpc) is 2.26. The molecule has 96 valence electrons. The molecule has 1 aromatic rings. The molecule has 17 heavy (non-hydrogen) atoms. The van der Waals surface area contributed by atoms with Crippen molar-refractivity contribution >= 4 is 34.0 Å². The fourth-order valence-electron chi connectivity index (χ4n) is 1.38. The molecular formula is C10H14BrClN2O3. The quantitative estimate of drug-likeness (QED) is 0.643. The molecule has 0 spiro atoms. The molecule has 0 heterocycles. The molecule has 0 bridgehead atoms. The van der Waals surface area contributed by atoms with Gasteiger partial charge in [-0.15, -0.1) is 12.4 Å². The number of nitrogens with two attached hydrogens (primary N) is 1. The van der Waals surface area contributed by atoms with Gasteiger partial charge in [-0.1, -0.05) is 6.07 Å². The molecule has 0 aliphatic carbocycles. The second-order valence-electron chi connectivity index (χ2n) is 3.44. The SMILES string of the molecule is Cl.N[C@H](CCCO)c1ccc(Br)c([N+](=O)[O-])c1. The zero-order chi connectivity index (χ0) is 12.1. The van der Waals surface area contributed by atoms with E-state index in [0.29, 0.717) is 22.9 Å². The third-order valence-electron chi connectivity index (χ3n) is 2.27. The van der Waals surface area contributed by atoms with Crippen molar-refractivity contribution in [1.82, 2.24) is 0 Å². The third kappa shape index (κ3) is 4.59. The Morgan fingerprint density at radius 2 is 2.18 bits per heavy atom. The van der Waals surface area contributed by atoms with Crippen LogP contribution in [-0.4, -0.2) is 16.6 Å².